The lowest BCUT2D eigenvalue weighted by Crippen LogP contribution is -2.49. The third-order valence-corrected chi connectivity index (χ3v) is 6.67. The highest BCUT2D eigenvalue weighted by Crippen LogP contribution is 2.25. The van der Waals surface area contributed by atoms with Gasteiger partial charge in [0.05, 0.1) is 15.8 Å². The molecule has 0 aliphatic carbocycles. The maximum absolute atomic E-state index is 13.2. The molecule has 4 nitrogen and oxygen atoms in total. The van der Waals surface area contributed by atoms with Crippen molar-refractivity contribution in [3.63, 3.8) is 0 Å². The fourth-order valence-corrected chi connectivity index (χ4v) is 4.23. The summed E-state index contributed by atoms with van der Waals surface area (Å²) in [4.78, 5) is 28.8. The van der Waals surface area contributed by atoms with Crippen molar-refractivity contribution >= 4 is 46.8 Å². The third-order valence-electron chi connectivity index (χ3n) is 4.94. The van der Waals surface area contributed by atoms with Crippen LogP contribution in [0.5, 0.6) is 0 Å². The van der Waals surface area contributed by atoms with Gasteiger partial charge in [-0.25, -0.2) is 0 Å². The minimum Gasteiger partial charge on any atom is -0.354 e. The second-order valence-corrected chi connectivity index (χ2v) is 9.30. The van der Waals surface area contributed by atoms with Gasteiger partial charge < -0.3 is 10.2 Å². The molecular formula is C24H30Cl2N2O2S. The summed E-state index contributed by atoms with van der Waals surface area (Å²) in [6.45, 7) is 6.93. The second-order valence-electron chi connectivity index (χ2n) is 7.44. The van der Waals surface area contributed by atoms with Crippen LogP contribution in [0, 0.1) is 6.92 Å². The Morgan fingerprint density at radius 1 is 1.06 bits per heavy atom. The quantitative estimate of drug-likeness (QED) is 0.311. The summed E-state index contributed by atoms with van der Waals surface area (Å²) >= 11 is 13.7. The maximum Gasteiger partial charge on any atom is 0.242 e. The Labute approximate surface area is 199 Å². The van der Waals surface area contributed by atoms with Crippen molar-refractivity contribution in [2.75, 3.05) is 12.3 Å². The van der Waals surface area contributed by atoms with Crippen molar-refractivity contribution in [2.24, 2.45) is 0 Å². The summed E-state index contributed by atoms with van der Waals surface area (Å²) in [5, 5.41) is 3.86. The number of halogens is 2. The van der Waals surface area contributed by atoms with Gasteiger partial charge in [0, 0.05) is 18.0 Å². The molecule has 0 saturated heterocycles. The Kier molecular flexibility index (Phi) is 10.7. The molecule has 168 valence electrons. The number of nitrogens with zero attached hydrogens (tertiary/aromatic N) is 1. The first-order chi connectivity index (χ1) is 14.8. The predicted octanol–water partition coefficient (Wildman–Crippen LogP) is 6.12. The number of carbonyl (C=O) groups is 2. The number of unbranched alkanes of at least 4 members (excludes halogenated alkanes) is 1. The van der Waals surface area contributed by atoms with E-state index in [0.717, 1.165) is 23.3 Å². The standard InChI is InChI=1S/C24H30Cl2N2O2S/c1-4-6-13-27-24(30)22(5-2)28(15-18-9-12-20(25)21(26)14-18)23(29)16-31-19-10-7-17(3)8-11-19/h7-12,14,22H,4-6,13,15-16H2,1-3H3,(H,27,30). The SMILES string of the molecule is CCCCNC(=O)C(CC)N(Cc1ccc(Cl)c(Cl)c1)C(=O)CSc1ccc(C)cc1. The van der Waals surface area contributed by atoms with Gasteiger partial charge in [-0.15, -0.1) is 11.8 Å². The van der Waals surface area contributed by atoms with Crippen molar-refractivity contribution in [1.29, 1.82) is 0 Å². The number of rotatable bonds is 11. The van der Waals surface area contributed by atoms with Crippen LogP contribution in [-0.2, 0) is 16.1 Å². The molecule has 0 fully saturated rings. The summed E-state index contributed by atoms with van der Waals surface area (Å²) in [6.07, 6.45) is 2.43. The van der Waals surface area contributed by atoms with E-state index in [0.29, 0.717) is 29.6 Å². The van der Waals surface area contributed by atoms with E-state index in [1.165, 1.54) is 17.3 Å². The van der Waals surface area contributed by atoms with E-state index in [1.807, 2.05) is 44.2 Å². The second kappa shape index (κ2) is 13.0. The van der Waals surface area contributed by atoms with Crippen molar-refractivity contribution < 1.29 is 9.59 Å². The zero-order valence-electron chi connectivity index (χ0n) is 18.3. The predicted molar refractivity (Wildman–Crippen MR) is 131 cm³/mol. The molecule has 0 aliphatic heterocycles. The highest BCUT2D eigenvalue weighted by molar-refractivity contribution is 8.00. The van der Waals surface area contributed by atoms with E-state index in [9.17, 15) is 9.59 Å². The van der Waals surface area contributed by atoms with E-state index in [2.05, 4.69) is 12.2 Å². The van der Waals surface area contributed by atoms with Crippen LogP contribution < -0.4 is 5.32 Å². The smallest absolute Gasteiger partial charge is 0.242 e. The van der Waals surface area contributed by atoms with Gasteiger partial charge in [-0.05, 0) is 49.6 Å². The van der Waals surface area contributed by atoms with E-state index >= 15 is 0 Å². The first-order valence-corrected chi connectivity index (χ1v) is 12.3. The molecule has 2 amide bonds. The van der Waals surface area contributed by atoms with E-state index in [4.69, 9.17) is 23.2 Å². The normalized spacial score (nSPS) is 11.8. The van der Waals surface area contributed by atoms with Crippen molar-refractivity contribution in [3.8, 4) is 0 Å². The fourth-order valence-electron chi connectivity index (χ4n) is 3.12. The summed E-state index contributed by atoms with van der Waals surface area (Å²) < 4.78 is 0. The molecular weight excluding hydrogens is 451 g/mol. The van der Waals surface area contributed by atoms with Gasteiger partial charge in [0.25, 0.3) is 0 Å². The molecule has 0 saturated carbocycles. The van der Waals surface area contributed by atoms with Crippen LogP contribution >= 0.6 is 35.0 Å². The number of hydrogen-bond donors (Lipinski definition) is 1. The summed E-state index contributed by atoms with van der Waals surface area (Å²) in [7, 11) is 0. The molecule has 0 heterocycles. The summed E-state index contributed by atoms with van der Waals surface area (Å²) in [5.74, 6) is 0.0437. The molecule has 31 heavy (non-hydrogen) atoms. The average Bonchev–Trinajstić information content (AvgIpc) is 2.75. The number of aryl methyl sites for hydroxylation is 1. The van der Waals surface area contributed by atoms with Crippen molar-refractivity contribution in [2.45, 2.75) is 57.5 Å². The summed E-state index contributed by atoms with van der Waals surface area (Å²) in [6, 6.07) is 12.8. The third kappa shape index (κ3) is 8.06. The number of amides is 2. The Morgan fingerprint density at radius 2 is 1.77 bits per heavy atom. The largest absolute Gasteiger partial charge is 0.354 e. The lowest BCUT2D eigenvalue weighted by atomic mass is 10.1. The number of hydrogen-bond acceptors (Lipinski definition) is 3. The Balaban J connectivity index is 2.19. The molecule has 1 N–H and O–H groups in total. The molecule has 2 rings (SSSR count). The van der Waals surface area contributed by atoms with E-state index in [-0.39, 0.29) is 17.6 Å². The monoisotopic (exact) mass is 480 g/mol. The van der Waals surface area contributed by atoms with Crippen molar-refractivity contribution in [3.05, 3.63) is 63.6 Å². The average molecular weight is 481 g/mol. The van der Waals surface area contributed by atoms with Gasteiger partial charge in [0.15, 0.2) is 0 Å². The maximum atomic E-state index is 13.2. The van der Waals surface area contributed by atoms with Crippen LogP contribution in [0.1, 0.15) is 44.2 Å². The van der Waals surface area contributed by atoms with Crippen LogP contribution in [0.3, 0.4) is 0 Å². The number of nitrogens with one attached hydrogen (secondary N) is 1. The van der Waals surface area contributed by atoms with Gasteiger partial charge in [-0.1, -0.05) is 67.2 Å². The molecule has 0 bridgehead atoms. The zero-order chi connectivity index (χ0) is 22.8. The molecule has 1 atom stereocenters. The van der Waals surface area contributed by atoms with Crippen LogP contribution in [-0.4, -0.2) is 35.1 Å². The van der Waals surface area contributed by atoms with E-state index in [1.54, 1.807) is 17.0 Å². The molecule has 1 unspecified atom stereocenters. The van der Waals surface area contributed by atoms with Gasteiger partial charge in [0.1, 0.15) is 6.04 Å². The van der Waals surface area contributed by atoms with Crippen LogP contribution in [0.15, 0.2) is 47.4 Å². The Morgan fingerprint density at radius 3 is 2.39 bits per heavy atom. The van der Waals surface area contributed by atoms with Crippen LogP contribution in [0.2, 0.25) is 10.0 Å². The molecule has 2 aromatic rings. The number of carbonyl (C=O) groups excluding carboxylic acids is 2. The number of benzene rings is 2. The first-order valence-electron chi connectivity index (χ1n) is 10.6. The molecule has 0 aliphatic rings. The Bertz CT molecular complexity index is 874. The molecule has 0 aromatic heterocycles. The van der Waals surface area contributed by atoms with E-state index < -0.39 is 6.04 Å². The minimum atomic E-state index is -0.544. The van der Waals surface area contributed by atoms with Gasteiger partial charge in [-0.3, -0.25) is 9.59 Å². The fraction of sp³-hybridized carbons (Fsp3) is 0.417. The topological polar surface area (TPSA) is 49.4 Å². The highest BCUT2D eigenvalue weighted by atomic mass is 35.5. The van der Waals surface area contributed by atoms with Gasteiger partial charge >= 0.3 is 0 Å². The first kappa shape index (κ1) is 25.6. The molecule has 2 aromatic carbocycles. The molecule has 0 spiro atoms. The minimum absolute atomic E-state index is 0.0888. The van der Waals surface area contributed by atoms with Crippen molar-refractivity contribution in [1.82, 2.24) is 10.2 Å². The van der Waals surface area contributed by atoms with Gasteiger partial charge in [-0.2, -0.15) is 0 Å². The zero-order valence-corrected chi connectivity index (χ0v) is 20.6. The highest BCUT2D eigenvalue weighted by Gasteiger charge is 2.28. The van der Waals surface area contributed by atoms with Crippen LogP contribution in [0.4, 0.5) is 0 Å². The van der Waals surface area contributed by atoms with Crippen LogP contribution in [0.25, 0.3) is 0 Å². The lowest BCUT2D eigenvalue weighted by Gasteiger charge is -2.30. The lowest BCUT2D eigenvalue weighted by molar-refractivity contribution is -0.139. The van der Waals surface area contributed by atoms with Gasteiger partial charge in [0.2, 0.25) is 11.8 Å². The summed E-state index contributed by atoms with van der Waals surface area (Å²) in [5.41, 5.74) is 2.01. The number of thioether (sulfide) groups is 1. The Hall–Kier alpha value is -1.69. The molecule has 7 heteroatoms. The molecule has 0 radical (unpaired) electrons.